The summed E-state index contributed by atoms with van der Waals surface area (Å²) in [5, 5.41) is 6.51. The monoisotopic (exact) mass is 656 g/mol. The fraction of sp³-hybridized carbons (Fsp3) is 0.500. The molecule has 7 rings (SSSR count). The Hall–Kier alpha value is -3.45. The molecular formula is C30H34FN6O6PS. The van der Waals surface area contributed by atoms with E-state index in [9.17, 15) is 28.7 Å². The van der Waals surface area contributed by atoms with Crippen molar-refractivity contribution in [1.29, 1.82) is 0 Å². The molecule has 1 saturated carbocycles. The highest BCUT2D eigenvalue weighted by Crippen LogP contribution is 2.49. The Morgan fingerprint density at radius 2 is 1.82 bits per heavy atom. The normalized spacial score (nSPS) is 29.6. The predicted molar refractivity (Wildman–Crippen MR) is 164 cm³/mol. The van der Waals surface area contributed by atoms with Gasteiger partial charge in [0.25, 0.3) is 5.91 Å². The first-order valence-electron chi connectivity index (χ1n) is 15.2. The molecule has 238 valence electrons. The second-order valence-corrected chi connectivity index (χ2v) is 15.4. The minimum absolute atomic E-state index is 0.105. The Labute approximate surface area is 262 Å². The number of halogens is 1. The average Bonchev–Trinajstić information content (AvgIpc) is 3.29. The van der Waals surface area contributed by atoms with E-state index < -0.39 is 44.0 Å². The van der Waals surface area contributed by atoms with Crippen molar-refractivity contribution in [2.24, 2.45) is 11.8 Å². The van der Waals surface area contributed by atoms with E-state index in [2.05, 4.69) is 20.6 Å². The van der Waals surface area contributed by atoms with E-state index in [4.69, 9.17) is 0 Å². The highest BCUT2D eigenvalue weighted by atomic mass is 32.1. The van der Waals surface area contributed by atoms with Crippen LogP contribution in [-0.4, -0.2) is 85.8 Å². The number of nitrogens with one attached hydrogen (secondary N) is 2. The Balaban J connectivity index is 1.05. The molecule has 1 aromatic carbocycles. The number of hydrogen-bond donors (Lipinski definition) is 4. The molecule has 5 heterocycles. The van der Waals surface area contributed by atoms with Crippen molar-refractivity contribution in [3.8, 4) is 0 Å². The maximum atomic E-state index is 15.0. The van der Waals surface area contributed by atoms with Gasteiger partial charge >= 0.3 is 7.60 Å². The third kappa shape index (κ3) is 6.33. The molecule has 3 saturated heterocycles. The van der Waals surface area contributed by atoms with E-state index in [1.54, 1.807) is 46.5 Å². The van der Waals surface area contributed by atoms with Gasteiger partial charge in [-0.3, -0.25) is 18.9 Å². The number of carbonyl (C=O) groups excluding carboxylic acids is 3. The van der Waals surface area contributed by atoms with Crippen molar-refractivity contribution < 1.29 is 33.1 Å². The van der Waals surface area contributed by atoms with Crippen LogP contribution in [0.1, 0.15) is 47.3 Å². The molecule has 1 aliphatic carbocycles. The third-order valence-corrected chi connectivity index (χ3v) is 11.4. The molecule has 4 N–H and O–H groups in total. The first kappa shape index (κ1) is 30.2. The number of anilines is 1. The van der Waals surface area contributed by atoms with Gasteiger partial charge in [-0.2, -0.15) is 0 Å². The van der Waals surface area contributed by atoms with Gasteiger partial charge in [-0.25, -0.2) is 14.4 Å². The number of fused-ring (bicyclic) bond motifs is 3. The molecular weight excluding hydrogens is 622 g/mol. The lowest BCUT2D eigenvalue weighted by atomic mass is 9.99. The van der Waals surface area contributed by atoms with Gasteiger partial charge in [-0.1, -0.05) is 6.07 Å². The van der Waals surface area contributed by atoms with E-state index >= 15 is 4.39 Å². The van der Waals surface area contributed by atoms with E-state index in [0.717, 1.165) is 17.5 Å². The van der Waals surface area contributed by atoms with Gasteiger partial charge in [0.2, 0.25) is 11.8 Å². The van der Waals surface area contributed by atoms with Crippen LogP contribution in [-0.2, 0) is 20.3 Å². The zero-order chi connectivity index (χ0) is 31.5. The Morgan fingerprint density at radius 1 is 1.04 bits per heavy atom. The van der Waals surface area contributed by atoms with E-state index in [1.165, 1.54) is 17.7 Å². The molecule has 45 heavy (non-hydrogen) atoms. The maximum Gasteiger partial charge on any atom is 0.329 e. The molecule has 4 fully saturated rings. The second kappa shape index (κ2) is 11.7. The summed E-state index contributed by atoms with van der Waals surface area (Å²) in [6.45, 7) is 0.372. The van der Waals surface area contributed by atoms with Crippen LogP contribution in [0.4, 0.5) is 10.1 Å². The number of benzene rings is 1. The van der Waals surface area contributed by atoms with Crippen LogP contribution in [0, 0.1) is 11.8 Å². The number of nitrogens with zero attached hydrogens (tertiary/aromatic N) is 4. The van der Waals surface area contributed by atoms with Crippen molar-refractivity contribution >= 4 is 52.4 Å². The summed E-state index contributed by atoms with van der Waals surface area (Å²) in [6, 6.07) is 4.31. The minimum Gasteiger partial charge on any atom is -0.364 e. The summed E-state index contributed by atoms with van der Waals surface area (Å²) in [4.78, 5) is 71.6. The quantitative estimate of drug-likeness (QED) is 0.280. The number of hydrogen-bond acceptors (Lipinski definition) is 8. The molecule has 12 nitrogen and oxygen atoms in total. The SMILES string of the molecule is O=C(N[C@H]1C[C@@H]2C[C@@H]2C[C@H]2CC[C@@H](C(=O)N[C@H]3CN(c4cncnc4)C[C@@H]3F)N2C1=O)c1cc2cc(CP(=O)(O)O)ccc2s1. The van der Waals surface area contributed by atoms with Gasteiger partial charge in [-0.15, -0.1) is 11.3 Å². The van der Waals surface area contributed by atoms with Gasteiger partial charge in [0.05, 0.1) is 41.7 Å². The van der Waals surface area contributed by atoms with Crippen LogP contribution in [0.25, 0.3) is 10.1 Å². The average molecular weight is 657 g/mol. The van der Waals surface area contributed by atoms with Crippen LogP contribution in [0.5, 0.6) is 0 Å². The largest absolute Gasteiger partial charge is 0.364 e. The summed E-state index contributed by atoms with van der Waals surface area (Å²) in [5.41, 5.74) is 1.15. The molecule has 3 aromatic rings. The molecule has 0 spiro atoms. The smallest absolute Gasteiger partial charge is 0.329 e. The van der Waals surface area contributed by atoms with Gasteiger partial charge in [-0.05, 0) is 73.1 Å². The van der Waals surface area contributed by atoms with Crippen LogP contribution in [0.15, 0.2) is 43.0 Å². The zero-order valence-electron chi connectivity index (χ0n) is 24.3. The highest BCUT2D eigenvalue weighted by molar-refractivity contribution is 7.50. The van der Waals surface area contributed by atoms with Crippen molar-refractivity contribution in [3.05, 3.63) is 53.4 Å². The zero-order valence-corrected chi connectivity index (χ0v) is 26.0. The molecule has 7 atom stereocenters. The van der Waals surface area contributed by atoms with Crippen LogP contribution < -0.4 is 15.5 Å². The molecule has 0 unspecified atom stereocenters. The van der Waals surface area contributed by atoms with Crippen molar-refractivity contribution in [2.45, 2.75) is 68.6 Å². The molecule has 3 amide bonds. The summed E-state index contributed by atoms with van der Waals surface area (Å²) >= 11 is 1.24. The summed E-state index contributed by atoms with van der Waals surface area (Å²) in [6.07, 6.45) is 6.39. The number of thiophene rings is 1. The van der Waals surface area contributed by atoms with Crippen LogP contribution in [0.3, 0.4) is 0 Å². The van der Waals surface area contributed by atoms with Crippen molar-refractivity contribution in [2.75, 3.05) is 18.0 Å². The summed E-state index contributed by atoms with van der Waals surface area (Å²) in [7, 11) is -4.24. The fourth-order valence-corrected chi connectivity index (χ4v) is 8.88. The van der Waals surface area contributed by atoms with E-state index in [-0.39, 0.29) is 30.9 Å². The lowest BCUT2D eigenvalue weighted by molar-refractivity contribution is -0.143. The summed E-state index contributed by atoms with van der Waals surface area (Å²) < 4.78 is 27.3. The molecule has 15 heteroatoms. The van der Waals surface area contributed by atoms with Gasteiger partial charge in [0.15, 0.2) is 0 Å². The molecule has 0 bridgehead atoms. The van der Waals surface area contributed by atoms with E-state index in [1.807, 2.05) is 0 Å². The Morgan fingerprint density at radius 3 is 2.60 bits per heavy atom. The molecule has 2 aromatic heterocycles. The number of alkyl halides is 1. The van der Waals surface area contributed by atoms with Gasteiger partial charge < -0.3 is 30.2 Å². The highest BCUT2D eigenvalue weighted by Gasteiger charge is 2.51. The molecule has 3 aliphatic heterocycles. The Bertz CT molecular complexity index is 1690. The summed E-state index contributed by atoms with van der Waals surface area (Å²) in [5.74, 6) is -0.288. The van der Waals surface area contributed by atoms with E-state index in [0.29, 0.717) is 52.6 Å². The first-order valence-corrected chi connectivity index (χ1v) is 17.8. The van der Waals surface area contributed by atoms with Crippen molar-refractivity contribution in [3.63, 3.8) is 0 Å². The number of rotatable bonds is 7. The predicted octanol–water partition coefficient (Wildman–Crippen LogP) is 2.60. The van der Waals surface area contributed by atoms with Crippen LogP contribution >= 0.6 is 18.9 Å². The molecule has 4 aliphatic rings. The number of aromatic nitrogens is 2. The first-order chi connectivity index (χ1) is 21.5. The number of carbonyl (C=O) groups is 3. The maximum absolute atomic E-state index is 15.0. The topological polar surface area (TPSA) is 165 Å². The minimum atomic E-state index is -4.24. The fourth-order valence-electron chi connectivity index (χ4n) is 7.26. The standard InChI is InChI=1S/C30H34FN6O6PS/c31-22-12-36(21-10-32-15-33-11-21)13-24(22)35-28(38)25-3-2-20-7-17-6-18(17)8-23(30(40)37(20)25)34-29(39)27-9-19-5-16(14-44(41,42)43)1-4-26(19)45-27/h1,4-5,9-11,15,17-18,20,22-25H,2-3,6-8,12-14H2,(H,34,39)(H,35,38)(H2,41,42,43)/t17-,18+,20-,22+,23+,24+,25+/m1/s1. The Kier molecular flexibility index (Phi) is 7.87. The van der Waals surface area contributed by atoms with Crippen LogP contribution in [0.2, 0.25) is 0 Å². The molecule has 0 radical (unpaired) electrons. The number of amides is 3. The van der Waals surface area contributed by atoms with Crippen molar-refractivity contribution in [1.82, 2.24) is 25.5 Å². The lowest BCUT2D eigenvalue weighted by Crippen LogP contribution is -2.58. The third-order valence-electron chi connectivity index (χ3n) is 9.53. The second-order valence-electron chi connectivity index (χ2n) is 12.7. The lowest BCUT2D eigenvalue weighted by Gasteiger charge is -2.35. The van der Waals surface area contributed by atoms with Gasteiger partial charge in [0.1, 0.15) is 24.6 Å². The van der Waals surface area contributed by atoms with Gasteiger partial charge in [0, 0.05) is 17.3 Å².